The smallest absolute Gasteiger partial charge is 0.227 e. The lowest BCUT2D eigenvalue weighted by Gasteiger charge is -2.34. The first-order chi connectivity index (χ1) is 10.1. The van der Waals surface area contributed by atoms with E-state index in [4.69, 9.17) is 15.2 Å². The number of carbonyl (C=O) groups is 1. The lowest BCUT2D eigenvalue weighted by atomic mass is 9.79. The summed E-state index contributed by atoms with van der Waals surface area (Å²) in [4.78, 5) is 12.4. The Labute approximate surface area is 123 Å². The van der Waals surface area contributed by atoms with Crippen molar-refractivity contribution in [2.24, 2.45) is 11.1 Å². The van der Waals surface area contributed by atoms with Crippen molar-refractivity contribution in [3.05, 3.63) is 29.6 Å². The van der Waals surface area contributed by atoms with Gasteiger partial charge in [-0.05, 0) is 18.9 Å². The molecule has 1 aliphatic rings. The minimum Gasteiger partial charge on any atom is -0.497 e. The van der Waals surface area contributed by atoms with Crippen LogP contribution in [-0.4, -0.2) is 32.8 Å². The van der Waals surface area contributed by atoms with Crippen LogP contribution in [-0.2, 0) is 16.1 Å². The fourth-order valence-corrected chi connectivity index (χ4v) is 2.45. The minimum absolute atomic E-state index is 0.136. The maximum Gasteiger partial charge on any atom is 0.227 e. The number of amides is 1. The molecular weight excluding hydrogens is 275 g/mol. The second-order valence-corrected chi connectivity index (χ2v) is 5.24. The fraction of sp³-hybridized carbons (Fsp3) is 0.533. The molecule has 0 radical (unpaired) electrons. The van der Waals surface area contributed by atoms with E-state index in [2.05, 4.69) is 5.32 Å². The highest BCUT2D eigenvalue weighted by molar-refractivity contribution is 5.83. The van der Waals surface area contributed by atoms with Crippen LogP contribution in [0, 0.1) is 11.2 Å². The van der Waals surface area contributed by atoms with Crippen molar-refractivity contribution in [2.45, 2.75) is 19.4 Å². The molecule has 0 atom stereocenters. The van der Waals surface area contributed by atoms with E-state index in [9.17, 15) is 9.18 Å². The molecule has 5 nitrogen and oxygen atoms in total. The van der Waals surface area contributed by atoms with Gasteiger partial charge in [0.15, 0.2) is 0 Å². The molecule has 0 unspecified atom stereocenters. The van der Waals surface area contributed by atoms with Gasteiger partial charge in [0, 0.05) is 37.9 Å². The van der Waals surface area contributed by atoms with E-state index in [1.165, 1.54) is 13.2 Å². The number of methoxy groups -OCH3 is 1. The Kier molecular flexibility index (Phi) is 5.14. The van der Waals surface area contributed by atoms with Gasteiger partial charge in [0.1, 0.15) is 11.6 Å². The van der Waals surface area contributed by atoms with E-state index >= 15 is 0 Å². The zero-order valence-corrected chi connectivity index (χ0v) is 12.2. The summed E-state index contributed by atoms with van der Waals surface area (Å²) in [5.74, 6) is -0.0858. The highest BCUT2D eigenvalue weighted by Crippen LogP contribution is 2.29. The number of nitrogens with one attached hydrogen (secondary N) is 1. The molecule has 2 rings (SSSR count). The molecule has 6 heteroatoms. The van der Waals surface area contributed by atoms with Crippen LogP contribution >= 0.6 is 0 Å². The maximum absolute atomic E-state index is 13.8. The molecule has 1 heterocycles. The predicted molar refractivity (Wildman–Crippen MR) is 76.3 cm³/mol. The molecule has 1 aliphatic heterocycles. The monoisotopic (exact) mass is 296 g/mol. The van der Waals surface area contributed by atoms with E-state index in [-0.39, 0.29) is 19.0 Å². The Bertz CT molecular complexity index is 502. The first kappa shape index (κ1) is 15.7. The van der Waals surface area contributed by atoms with Crippen LogP contribution in [0.4, 0.5) is 4.39 Å². The lowest BCUT2D eigenvalue weighted by Crippen LogP contribution is -2.49. The number of nitrogens with two attached hydrogens (primary N) is 1. The van der Waals surface area contributed by atoms with Crippen LogP contribution < -0.4 is 15.8 Å². The van der Waals surface area contributed by atoms with E-state index in [0.29, 0.717) is 37.4 Å². The van der Waals surface area contributed by atoms with Crippen molar-refractivity contribution in [3.63, 3.8) is 0 Å². The zero-order valence-electron chi connectivity index (χ0n) is 12.2. The normalized spacial score (nSPS) is 17.3. The van der Waals surface area contributed by atoms with Gasteiger partial charge >= 0.3 is 0 Å². The zero-order chi connectivity index (χ0) is 15.3. The van der Waals surface area contributed by atoms with Crippen LogP contribution in [0.2, 0.25) is 0 Å². The van der Waals surface area contributed by atoms with Gasteiger partial charge in [-0.15, -0.1) is 0 Å². The quantitative estimate of drug-likeness (QED) is 0.856. The first-order valence-electron chi connectivity index (χ1n) is 7.00. The highest BCUT2D eigenvalue weighted by atomic mass is 19.1. The molecule has 0 spiro atoms. The van der Waals surface area contributed by atoms with Gasteiger partial charge in [0.25, 0.3) is 0 Å². The molecular formula is C15H21FN2O3. The number of benzene rings is 1. The van der Waals surface area contributed by atoms with Gasteiger partial charge in [-0.1, -0.05) is 6.07 Å². The molecule has 1 amide bonds. The van der Waals surface area contributed by atoms with Gasteiger partial charge in [0.05, 0.1) is 12.5 Å². The van der Waals surface area contributed by atoms with E-state index in [1.807, 2.05) is 0 Å². The van der Waals surface area contributed by atoms with Crippen molar-refractivity contribution in [1.82, 2.24) is 5.32 Å². The topological polar surface area (TPSA) is 73.6 Å². The van der Waals surface area contributed by atoms with Gasteiger partial charge in [0.2, 0.25) is 5.91 Å². The van der Waals surface area contributed by atoms with Gasteiger partial charge in [-0.25, -0.2) is 4.39 Å². The molecule has 0 saturated carbocycles. The number of hydrogen-bond donors (Lipinski definition) is 2. The average Bonchev–Trinajstić information content (AvgIpc) is 2.53. The van der Waals surface area contributed by atoms with Crippen LogP contribution in [0.5, 0.6) is 5.75 Å². The van der Waals surface area contributed by atoms with E-state index in [1.54, 1.807) is 12.1 Å². The third-order valence-corrected chi connectivity index (χ3v) is 4.02. The highest BCUT2D eigenvalue weighted by Gasteiger charge is 2.38. The number of halogens is 1. The summed E-state index contributed by atoms with van der Waals surface area (Å²) in [6, 6.07) is 4.57. The molecule has 3 N–H and O–H groups in total. The summed E-state index contributed by atoms with van der Waals surface area (Å²) >= 11 is 0. The number of carbonyl (C=O) groups excluding carboxylic acids is 1. The molecule has 1 fully saturated rings. The van der Waals surface area contributed by atoms with Crippen molar-refractivity contribution < 1.29 is 18.7 Å². The second kappa shape index (κ2) is 6.87. The van der Waals surface area contributed by atoms with E-state index in [0.717, 1.165) is 0 Å². The molecule has 116 valence electrons. The summed E-state index contributed by atoms with van der Waals surface area (Å²) in [5.41, 5.74) is 5.59. The summed E-state index contributed by atoms with van der Waals surface area (Å²) in [6.45, 7) is 1.47. The molecule has 1 saturated heterocycles. The van der Waals surface area contributed by atoms with Crippen LogP contribution in [0.3, 0.4) is 0 Å². The Morgan fingerprint density at radius 3 is 2.76 bits per heavy atom. The Hall–Kier alpha value is -1.66. The first-order valence-corrected chi connectivity index (χ1v) is 7.00. The summed E-state index contributed by atoms with van der Waals surface area (Å²) < 4.78 is 24.1. The SMILES string of the molecule is COc1ccc(CNC(=O)C2(CN)CCOCC2)c(F)c1. The Morgan fingerprint density at radius 1 is 1.48 bits per heavy atom. The summed E-state index contributed by atoms with van der Waals surface area (Å²) in [6.07, 6.45) is 1.20. The Balaban J connectivity index is 2.00. The number of rotatable bonds is 5. The second-order valence-electron chi connectivity index (χ2n) is 5.24. The van der Waals surface area contributed by atoms with Crippen LogP contribution in [0.25, 0.3) is 0 Å². The van der Waals surface area contributed by atoms with Crippen molar-refractivity contribution in [1.29, 1.82) is 0 Å². The third-order valence-electron chi connectivity index (χ3n) is 4.02. The predicted octanol–water partition coefficient (Wildman–Crippen LogP) is 1.21. The summed E-state index contributed by atoms with van der Waals surface area (Å²) in [5, 5.41) is 2.78. The average molecular weight is 296 g/mol. The molecule has 21 heavy (non-hydrogen) atoms. The molecule has 1 aromatic rings. The summed E-state index contributed by atoms with van der Waals surface area (Å²) in [7, 11) is 1.48. The van der Waals surface area contributed by atoms with E-state index < -0.39 is 11.2 Å². The molecule has 0 aliphatic carbocycles. The van der Waals surface area contributed by atoms with Crippen molar-refractivity contribution in [3.8, 4) is 5.75 Å². The van der Waals surface area contributed by atoms with Crippen molar-refractivity contribution in [2.75, 3.05) is 26.9 Å². The van der Waals surface area contributed by atoms with Gasteiger partial charge < -0.3 is 20.5 Å². The third kappa shape index (κ3) is 3.51. The lowest BCUT2D eigenvalue weighted by molar-refractivity contribution is -0.136. The van der Waals surface area contributed by atoms with Gasteiger partial charge in [-0.2, -0.15) is 0 Å². The molecule has 1 aromatic carbocycles. The maximum atomic E-state index is 13.8. The number of hydrogen-bond acceptors (Lipinski definition) is 4. The van der Waals surface area contributed by atoms with Crippen molar-refractivity contribution >= 4 is 5.91 Å². The standard InChI is InChI=1S/C15H21FN2O3/c1-20-12-3-2-11(13(16)8-12)9-18-14(19)15(10-17)4-6-21-7-5-15/h2-3,8H,4-7,9-10,17H2,1H3,(H,18,19). The number of ether oxygens (including phenoxy) is 2. The Morgan fingerprint density at radius 2 is 2.19 bits per heavy atom. The van der Waals surface area contributed by atoms with Gasteiger partial charge in [-0.3, -0.25) is 4.79 Å². The molecule has 0 bridgehead atoms. The fourth-order valence-electron chi connectivity index (χ4n) is 2.45. The van der Waals surface area contributed by atoms with Crippen LogP contribution in [0.1, 0.15) is 18.4 Å². The van der Waals surface area contributed by atoms with Crippen LogP contribution in [0.15, 0.2) is 18.2 Å². The minimum atomic E-state index is -0.596. The molecule has 0 aromatic heterocycles. The largest absolute Gasteiger partial charge is 0.497 e.